The highest BCUT2D eigenvalue weighted by atomic mass is 32.2. The number of amides is 1. The molecule has 1 aliphatic carbocycles. The fourth-order valence-corrected chi connectivity index (χ4v) is 6.14. The molecule has 34 heavy (non-hydrogen) atoms. The molecule has 172 valence electrons. The molecule has 2 aliphatic rings. The van der Waals surface area contributed by atoms with Gasteiger partial charge in [0.2, 0.25) is 10.0 Å². The first-order valence-corrected chi connectivity index (χ1v) is 12.8. The predicted octanol–water partition coefficient (Wildman–Crippen LogP) is 4.12. The molecule has 6 nitrogen and oxygen atoms in total. The number of sulfonamides is 1. The Labute approximate surface area is 199 Å². The summed E-state index contributed by atoms with van der Waals surface area (Å²) < 4.78 is 31.2. The molecular formula is C27H24N2O4S. The van der Waals surface area contributed by atoms with Crippen LogP contribution in [-0.2, 0) is 14.8 Å². The molecule has 1 N–H and O–H groups in total. The number of nitrogens with zero attached hydrogens (tertiary/aromatic N) is 1. The first-order chi connectivity index (χ1) is 16.5. The van der Waals surface area contributed by atoms with Crippen molar-refractivity contribution in [2.45, 2.75) is 12.3 Å². The maximum absolute atomic E-state index is 12.3. The number of benzene rings is 3. The van der Waals surface area contributed by atoms with Crippen LogP contribution in [-0.4, -0.2) is 40.0 Å². The maximum Gasteiger partial charge on any atom is 0.407 e. The van der Waals surface area contributed by atoms with Crippen LogP contribution in [0.3, 0.4) is 0 Å². The molecule has 0 atom stereocenters. The lowest BCUT2D eigenvalue weighted by molar-refractivity contribution is 0.144. The van der Waals surface area contributed by atoms with E-state index < -0.39 is 16.1 Å². The van der Waals surface area contributed by atoms with E-state index in [1.807, 2.05) is 30.3 Å². The van der Waals surface area contributed by atoms with Gasteiger partial charge in [0.05, 0.1) is 18.0 Å². The molecule has 3 aromatic carbocycles. The molecule has 0 radical (unpaired) electrons. The summed E-state index contributed by atoms with van der Waals surface area (Å²) in [7, 11) is -3.23. The highest BCUT2D eigenvalue weighted by molar-refractivity contribution is 7.93. The number of ether oxygens (including phenoxy) is 1. The van der Waals surface area contributed by atoms with Crippen molar-refractivity contribution in [1.29, 1.82) is 0 Å². The summed E-state index contributed by atoms with van der Waals surface area (Å²) in [5.74, 6) is 6.05. The summed E-state index contributed by atoms with van der Waals surface area (Å²) in [5.41, 5.74) is 6.00. The molecule has 1 heterocycles. The van der Waals surface area contributed by atoms with E-state index in [-0.39, 0.29) is 24.8 Å². The Hall–Kier alpha value is -3.76. The van der Waals surface area contributed by atoms with Crippen LogP contribution in [0.25, 0.3) is 11.1 Å². The molecule has 3 aromatic rings. The van der Waals surface area contributed by atoms with Gasteiger partial charge in [-0.2, -0.15) is 0 Å². The second-order valence-corrected chi connectivity index (χ2v) is 10.3. The molecule has 1 fully saturated rings. The van der Waals surface area contributed by atoms with Gasteiger partial charge in [-0.15, -0.1) is 0 Å². The zero-order valence-electron chi connectivity index (χ0n) is 18.5. The number of carbonyl (C=O) groups excluding carboxylic acids is 1. The summed E-state index contributed by atoms with van der Waals surface area (Å²) in [6.07, 6.45) is 0.107. The SMILES string of the molecule is O=C(NCC#Cc1cccc(N2CCCS2(=O)=O)c1)OCC1c2ccccc2-c2ccccc21. The number of nitrogens with one attached hydrogen (secondary N) is 1. The van der Waals surface area contributed by atoms with E-state index >= 15 is 0 Å². The molecule has 0 unspecified atom stereocenters. The zero-order valence-corrected chi connectivity index (χ0v) is 19.3. The third-order valence-electron chi connectivity index (χ3n) is 6.13. The number of carbonyl (C=O) groups is 1. The Bertz CT molecular complexity index is 1360. The lowest BCUT2D eigenvalue weighted by atomic mass is 9.98. The number of hydrogen-bond donors (Lipinski definition) is 1. The Morgan fingerprint density at radius 1 is 1.00 bits per heavy atom. The van der Waals surface area contributed by atoms with Crippen molar-refractivity contribution >= 4 is 21.8 Å². The van der Waals surface area contributed by atoms with Crippen molar-refractivity contribution in [3.05, 3.63) is 89.5 Å². The van der Waals surface area contributed by atoms with Gasteiger partial charge < -0.3 is 10.1 Å². The number of fused-ring (bicyclic) bond motifs is 3. The Morgan fingerprint density at radius 2 is 1.71 bits per heavy atom. The fraction of sp³-hybridized carbons (Fsp3) is 0.222. The number of anilines is 1. The second-order valence-electron chi connectivity index (χ2n) is 8.27. The van der Waals surface area contributed by atoms with E-state index in [1.165, 1.54) is 15.4 Å². The molecule has 7 heteroatoms. The van der Waals surface area contributed by atoms with Crippen LogP contribution in [0.2, 0.25) is 0 Å². The minimum atomic E-state index is -3.23. The van der Waals surface area contributed by atoms with E-state index in [1.54, 1.807) is 18.2 Å². The second kappa shape index (κ2) is 9.24. The molecule has 0 spiro atoms. The van der Waals surface area contributed by atoms with Crippen molar-refractivity contribution in [3.8, 4) is 23.0 Å². The lowest BCUT2D eigenvalue weighted by Gasteiger charge is -2.16. The standard InChI is InChI=1S/C27H24N2O4S/c30-27(33-19-26-24-13-3-1-11-22(24)23-12-2-4-14-25(23)26)28-15-6-9-20-8-5-10-21(18-20)29-16-7-17-34(29,31)32/h1-5,8,10-14,18,26H,7,15-17,19H2,(H,28,30). The van der Waals surface area contributed by atoms with E-state index in [4.69, 9.17) is 4.74 Å². The predicted molar refractivity (Wildman–Crippen MR) is 132 cm³/mol. The lowest BCUT2D eigenvalue weighted by Crippen LogP contribution is -2.26. The van der Waals surface area contributed by atoms with Crippen LogP contribution in [0.4, 0.5) is 10.5 Å². The van der Waals surface area contributed by atoms with Crippen LogP contribution in [0.15, 0.2) is 72.8 Å². The highest BCUT2D eigenvalue weighted by Gasteiger charge is 2.29. The number of rotatable bonds is 4. The van der Waals surface area contributed by atoms with E-state index in [2.05, 4.69) is 41.4 Å². The third-order valence-corrected chi connectivity index (χ3v) is 8.00. The van der Waals surface area contributed by atoms with Gasteiger partial charge in [0, 0.05) is 18.0 Å². The summed E-state index contributed by atoms with van der Waals surface area (Å²) in [4.78, 5) is 12.3. The Kier molecular flexibility index (Phi) is 5.99. The molecule has 0 aromatic heterocycles. The normalized spacial score (nSPS) is 15.7. The van der Waals surface area contributed by atoms with Crippen molar-refractivity contribution in [2.75, 3.05) is 29.8 Å². The topological polar surface area (TPSA) is 75.7 Å². The largest absolute Gasteiger partial charge is 0.449 e. The van der Waals surface area contributed by atoms with Crippen LogP contribution in [0.5, 0.6) is 0 Å². The maximum atomic E-state index is 12.3. The van der Waals surface area contributed by atoms with Crippen molar-refractivity contribution in [2.24, 2.45) is 0 Å². The third kappa shape index (κ3) is 4.37. The van der Waals surface area contributed by atoms with Crippen molar-refractivity contribution < 1.29 is 17.9 Å². The smallest absolute Gasteiger partial charge is 0.407 e. The van der Waals surface area contributed by atoms with Gasteiger partial charge in [-0.05, 0) is 46.9 Å². The Morgan fingerprint density at radius 3 is 2.38 bits per heavy atom. The molecule has 0 bridgehead atoms. The molecule has 5 rings (SSSR count). The molecule has 1 saturated heterocycles. The minimum absolute atomic E-state index is 0.00819. The van der Waals surface area contributed by atoms with Gasteiger partial charge in [-0.1, -0.05) is 66.4 Å². The van der Waals surface area contributed by atoms with Gasteiger partial charge >= 0.3 is 6.09 Å². The average molecular weight is 473 g/mol. The zero-order chi connectivity index (χ0) is 23.5. The highest BCUT2D eigenvalue weighted by Crippen LogP contribution is 2.44. The average Bonchev–Trinajstić information content (AvgIpc) is 3.37. The van der Waals surface area contributed by atoms with E-state index in [9.17, 15) is 13.2 Å². The van der Waals surface area contributed by atoms with Crippen molar-refractivity contribution in [3.63, 3.8) is 0 Å². The fourth-order valence-electron chi connectivity index (χ4n) is 4.58. The first-order valence-electron chi connectivity index (χ1n) is 11.2. The van der Waals surface area contributed by atoms with Crippen LogP contribution in [0, 0.1) is 11.8 Å². The monoisotopic (exact) mass is 472 g/mol. The first kappa shape index (κ1) is 22.1. The van der Waals surface area contributed by atoms with E-state index in [0.29, 0.717) is 24.2 Å². The van der Waals surface area contributed by atoms with Crippen LogP contribution >= 0.6 is 0 Å². The Balaban J connectivity index is 1.17. The van der Waals surface area contributed by atoms with Gasteiger partial charge in [0.25, 0.3) is 0 Å². The van der Waals surface area contributed by atoms with E-state index in [0.717, 1.165) is 11.1 Å². The number of alkyl carbamates (subject to hydrolysis) is 1. The summed E-state index contributed by atoms with van der Waals surface area (Å²) in [6.45, 7) is 0.866. The summed E-state index contributed by atoms with van der Waals surface area (Å²) in [6, 6.07) is 23.5. The van der Waals surface area contributed by atoms with Gasteiger partial charge in [0.1, 0.15) is 6.61 Å². The quantitative estimate of drug-likeness (QED) is 0.580. The minimum Gasteiger partial charge on any atom is -0.449 e. The van der Waals surface area contributed by atoms with Crippen LogP contribution in [0.1, 0.15) is 29.0 Å². The summed E-state index contributed by atoms with van der Waals surface area (Å²) in [5, 5.41) is 2.67. The molecule has 1 amide bonds. The molecule has 1 aliphatic heterocycles. The van der Waals surface area contributed by atoms with Crippen molar-refractivity contribution in [1.82, 2.24) is 5.32 Å². The van der Waals surface area contributed by atoms with Gasteiger partial charge in [-0.25, -0.2) is 13.2 Å². The molecular weight excluding hydrogens is 448 g/mol. The van der Waals surface area contributed by atoms with Gasteiger partial charge in [0.15, 0.2) is 0 Å². The molecule has 0 saturated carbocycles. The van der Waals surface area contributed by atoms with Crippen LogP contribution < -0.4 is 9.62 Å². The summed E-state index contributed by atoms with van der Waals surface area (Å²) >= 11 is 0. The number of hydrogen-bond acceptors (Lipinski definition) is 4. The van der Waals surface area contributed by atoms with Gasteiger partial charge in [-0.3, -0.25) is 4.31 Å².